The molecule has 0 heterocycles. The molecule has 30 heavy (non-hydrogen) atoms. The van der Waals surface area contributed by atoms with E-state index in [0.717, 1.165) is 16.8 Å². The van der Waals surface area contributed by atoms with Gasteiger partial charge in [0.15, 0.2) is 0 Å². The van der Waals surface area contributed by atoms with Crippen LogP contribution in [0.4, 0.5) is 11.4 Å². The van der Waals surface area contributed by atoms with E-state index in [9.17, 15) is 9.59 Å². The monoisotopic (exact) mass is 399 g/mol. The quantitative estimate of drug-likeness (QED) is 0.601. The minimum atomic E-state index is -0.390. The molecule has 2 N–H and O–H groups in total. The van der Waals surface area contributed by atoms with E-state index in [0.29, 0.717) is 11.3 Å². The Balaban J connectivity index is 1.87. The number of aryl methyl sites for hydroxylation is 1. The summed E-state index contributed by atoms with van der Waals surface area (Å²) in [5.41, 5.74) is 4.23. The van der Waals surface area contributed by atoms with Crippen LogP contribution in [-0.2, 0) is 4.79 Å². The molecule has 0 saturated heterocycles. The second kappa shape index (κ2) is 9.56. The molecular weight excluding hydrogens is 374 g/mol. The van der Waals surface area contributed by atoms with Crippen molar-refractivity contribution in [2.45, 2.75) is 6.92 Å². The van der Waals surface area contributed by atoms with Gasteiger partial charge in [-0.25, -0.2) is 0 Å². The molecule has 0 unspecified atom stereocenters. The van der Waals surface area contributed by atoms with E-state index >= 15 is 0 Å². The zero-order valence-corrected chi connectivity index (χ0v) is 17.3. The average molecular weight is 399 g/mol. The summed E-state index contributed by atoms with van der Waals surface area (Å²) in [7, 11) is 3.93. The van der Waals surface area contributed by atoms with Crippen LogP contribution in [-0.4, -0.2) is 25.9 Å². The van der Waals surface area contributed by atoms with Gasteiger partial charge in [-0.1, -0.05) is 48.0 Å². The van der Waals surface area contributed by atoms with Crippen LogP contribution in [0.25, 0.3) is 6.08 Å². The number of nitrogens with zero attached hydrogens (tertiary/aromatic N) is 1. The number of amides is 2. The Kier molecular flexibility index (Phi) is 6.65. The number of hydrogen-bond donors (Lipinski definition) is 2. The van der Waals surface area contributed by atoms with Crippen LogP contribution in [0.1, 0.15) is 21.5 Å². The summed E-state index contributed by atoms with van der Waals surface area (Å²) >= 11 is 0. The van der Waals surface area contributed by atoms with Crippen LogP contribution < -0.4 is 15.5 Å². The van der Waals surface area contributed by atoms with Crippen molar-refractivity contribution in [1.29, 1.82) is 0 Å². The van der Waals surface area contributed by atoms with Crippen LogP contribution in [0.2, 0.25) is 0 Å². The number of para-hydroxylation sites is 1. The van der Waals surface area contributed by atoms with Gasteiger partial charge in [0.25, 0.3) is 11.8 Å². The van der Waals surface area contributed by atoms with Crippen LogP contribution in [0.3, 0.4) is 0 Å². The van der Waals surface area contributed by atoms with Crippen LogP contribution >= 0.6 is 0 Å². The molecule has 3 rings (SSSR count). The lowest BCUT2D eigenvalue weighted by Gasteiger charge is -2.13. The van der Waals surface area contributed by atoms with Gasteiger partial charge in [-0.15, -0.1) is 0 Å². The van der Waals surface area contributed by atoms with Crippen molar-refractivity contribution >= 4 is 29.3 Å². The number of anilines is 2. The Morgan fingerprint density at radius 3 is 2.07 bits per heavy atom. The molecule has 3 aromatic rings. The number of hydrogen-bond acceptors (Lipinski definition) is 3. The van der Waals surface area contributed by atoms with Crippen molar-refractivity contribution in [2.24, 2.45) is 0 Å². The lowest BCUT2D eigenvalue weighted by atomic mass is 10.1. The molecular formula is C25H25N3O2. The van der Waals surface area contributed by atoms with E-state index < -0.39 is 5.91 Å². The third-order valence-corrected chi connectivity index (χ3v) is 4.56. The van der Waals surface area contributed by atoms with Crippen molar-refractivity contribution in [1.82, 2.24) is 5.32 Å². The first-order chi connectivity index (χ1) is 14.4. The molecule has 0 aliphatic rings. The Morgan fingerprint density at radius 1 is 0.833 bits per heavy atom. The zero-order chi connectivity index (χ0) is 21.5. The first-order valence-corrected chi connectivity index (χ1v) is 9.66. The maximum Gasteiger partial charge on any atom is 0.272 e. The van der Waals surface area contributed by atoms with Gasteiger partial charge < -0.3 is 15.5 Å². The maximum absolute atomic E-state index is 12.9. The van der Waals surface area contributed by atoms with Gasteiger partial charge in [0, 0.05) is 31.0 Å². The number of benzene rings is 3. The summed E-state index contributed by atoms with van der Waals surface area (Å²) < 4.78 is 0. The number of carbonyl (C=O) groups is 2. The van der Waals surface area contributed by atoms with Gasteiger partial charge in [0.05, 0.1) is 0 Å². The molecule has 0 radical (unpaired) electrons. The molecule has 5 heteroatoms. The topological polar surface area (TPSA) is 61.4 Å². The summed E-state index contributed by atoms with van der Waals surface area (Å²) in [6.07, 6.45) is 1.67. The molecule has 0 aliphatic heterocycles. The standard InChI is InChI=1S/C25H25N3O2/c1-18-9-13-20(14-10-18)24(29)27-23(25(30)26-21-7-5-4-6-8-21)17-19-11-15-22(16-12-19)28(2)3/h4-17H,1-3H3,(H,26,30)(H,27,29)/b23-17+. The minimum absolute atomic E-state index is 0.169. The van der Waals surface area contributed by atoms with Crippen molar-refractivity contribution in [3.05, 3.63) is 101 Å². The smallest absolute Gasteiger partial charge is 0.272 e. The molecule has 0 fully saturated rings. The third kappa shape index (κ3) is 5.58. The van der Waals surface area contributed by atoms with Crippen LogP contribution in [0.5, 0.6) is 0 Å². The van der Waals surface area contributed by atoms with Crippen molar-refractivity contribution in [3.8, 4) is 0 Å². The molecule has 0 saturated carbocycles. The predicted molar refractivity (Wildman–Crippen MR) is 122 cm³/mol. The van der Waals surface area contributed by atoms with Gasteiger partial charge in [-0.2, -0.15) is 0 Å². The molecule has 0 atom stereocenters. The highest BCUT2D eigenvalue weighted by Gasteiger charge is 2.15. The zero-order valence-electron chi connectivity index (χ0n) is 17.3. The molecule has 2 amide bonds. The largest absolute Gasteiger partial charge is 0.378 e. The molecule has 0 aliphatic carbocycles. The Bertz CT molecular complexity index is 1040. The van der Waals surface area contributed by atoms with Gasteiger partial charge in [0.2, 0.25) is 0 Å². The summed E-state index contributed by atoms with van der Waals surface area (Å²) in [5.74, 6) is -0.729. The van der Waals surface area contributed by atoms with Gasteiger partial charge >= 0.3 is 0 Å². The maximum atomic E-state index is 12.9. The fraction of sp³-hybridized carbons (Fsp3) is 0.120. The minimum Gasteiger partial charge on any atom is -0.378 e. The molecule has 0 spiro atoms. The van der Waals surface area contributed by atoms with Crippen molar-refractivity contribution in [2.75, 3.05) is 24.3 Å². The summed E-state index contributed by atoms with van der Waals surface area (Å²) in [5, 5.41) is 5.59. The number of nitrogens with one attached hydrogen (secondary N) is 2. The normalized spacial score (nSPS) is 11.0. The second-order valence-corrected chi connectivity index (χ2v) is 7.18. The molecule has 0 bridgehead atoms. The molecule has 5 nitrogen and oxygen atoms in total. The van der Waals surface area contributed by atoms with Crippen molar-refractivity contribution < 1.29 is 9.59 Å². The lowest BCUT2D eigenvalue weighted by molar-refractivity contribution is -0.113. The highest BCUT2D eigenvalue weighted by Crippen LogP contribution is 2.16. The third-order valence-electron chi connectivity index (χ3n) is 4.56. The highest BCUT2D eigenvalue weighted by atomic mass is 16.2. The number of rotatable bonds is 6. The SMILES string of the molecule is Cc1ccc(C(=O)N/C(=C/c2ccc(N(C)C)cc2)C(=O)Nc2ccccc2)cc1. The van der Waals surface area contributed by atoms with E-state index in [-0.39, 0.29) is 11.6 Å². The Hall–Kier alpha value is -3.86. The molecule has 0 aromatic heterocycles. The Morgan fingerprint density at radius 2 is 1.47 bits per heavy atom. The number of carbonyl (C=O) groups excluding carboxylic acids is 2. The summed E-state index contributed by atoms with van der Waals surface area (Å²) in [6.45, 7) is 1.96. The average Bonchev–Trinajstić information content (AvgIpc) is 2.74. The van der Waals surface area contributed by atoms with E-state index in [2.05, 4.69) is 10.6 Å². The molecule has 3 aromatic carbocycles. The first-order valence-electron chi connectivity index (χ1n) is 9.66. The highest BCUT2D eigenvalue weighted by molar-refractivity contribution is 6.10. The van der Waals surface area contributed by atoms with Crippen molar-refractivity contribution in [3.63, 3.8) is 0 Å². The van der Waals surface area contributed by atoms with E-state index in [1.807, 2.05) is 80.5 Å². The summed E-state index contributed by atoms with van der Waals surface area (Å²) in [6, 6.07) is 24.1. The predicted octanol–water partition coefficient (Wildman–Crippen LogP) is 4.47. The van der Waals surface area contributed by atoms with Gasteiger partial charge in [0.1, 0.15) is 5.70 Å². The van der Waals surface area contributed by atoms with Gasteiger partial charge in [-0.05, 0) is 55.0 Å². The van der Waals surface area contributed by atoms with E-state index in [1.165, 1.54) is 0 Å². The fourth-order valence-electron chi connectivity index (χ4n) is 2.81. The first kappa shape index (κ1) is 20.9. The molecule has 152 valence electrons. The van der Waals surface area contributed by atoms with Crippen LogP contribution in [0, 0.1) is 6.92 Å². The second-order valence-electron chi connectivity index (χ2n) is 7.18. The van der Waals surface area contributed by atoms with E-state index in [4.69, 9.17) is 0 Å². The van der Waals surface area contributed by atoms with E-state index in [1.54, 1.807) is 30.3 Å². The summed E-state index contributed by atoms with van der Waals surface area (Å²) in [4.78, 5) is 27.6. The van der Waals surface area contributed by atoms with Crippen LogP contribution in [0.15, 0.2) is 84.6 Å². The Labute approximate surface area is 177 Å². The van der Waals surface area contributed by atoms with Gasteiger partial charge in [-0.3, -0.25) is 9.59 Å². The lowest BCUT2D eigenvalue weighted by Crippen LogP contribution is -2.30. The fourth-order valence-corrected chi connectivity index (χ4v) is 2.81.